The molecule has 0 radical (unpaired) electrons. The Balaban J connectivity index is 2.29. The molecule has 0 aromatic heterocycles. The number of benzene rings is 2. The van der Waals surface area contributed by atoms with E-state index >= 15 is 0 Å². The maximum atomic E-state index is 13.4. The van der Waals surface area contributed by atoms with Crippen LogP contribution < -0.4 is 16.0 Å². The van der Waals surface area contributed by atoms with E-state index in [0.717, 1.165) is 29.0 Å². The third-order valence-corrected chi connectivity index (χ3v) is 6.24. The summed E-state index contributed by atoms with van der Waals surface area (Å²) in [6, 6.07) is 14.3. The van der Waals surface area contributed by atoms with Gasteiger partial charge in [0.05, 0.1) is 18.1 Å². The molecule has 10 heteroatoms. The number of carbonyl (C=O) groups is 2. The number of nitrogens with one attached hydrogen (secondary N) is 3. The summed E-state index contributed by atoms with van der Waals surface area (Å²) in [5.74, 6) is 0.553. The second-order valence-corrected chi connectivity index (χ2v) is 8.74. The average Bonchev–Trinajstić information content (AvgIpc) is 2.86. The number of amides is 2. The van der Waals surface area contributed by atoms with Gasteiger partial charge in [-0.1, -0.05) is 49.4 Å². The first-order valence-electron chi connectivity index (χ1n) is 11.3. The van der Waals surface area contributed by atoms with E-state index in [2.05, 4.69) is 22.9 Å². The number of non-ortho nitro benzene ring substituents is 1. The Morgan fingerprint density at radius 3 is 2.23 bits per heavy atom. The van der Waals surface area contributed by atoms with Gasteiger partial charge in [-0.25, -0.2) is 4.79 Å². The number of ether oxygens (including phenoxy) is 1. The smallest absolute Gasteiger partial charge is 0.407 e. The second-order valence-electron chi connectivity index (χ2n) is 7.76. The van der Waals surface area contributed by atoms with Crippen LogP contribution in [0.2, 0.25) is 0 Å². The highest BCUT2D eigenvalue weighted by Crippen LogP contribution is 2.17. The third-order valence-electron chi connectivity index (χ3n) is 5.18. The van der Waals surface area contributed by atoms with E-state index in [4.69, 9.17) is 4.74 Å². The van der Waals surface area contributed by atoms with Gasteiger partial charge in [0.2, 0.25) is 5.91 Å². The van der Waals surface area contributed by atoms with Gasteiger partial charge in [0.1, 0.15) is 6.04 Å². The minimum absolute atomic E-state index is 0.00224. The zero-order valence-electron chi connectivity index (χ0n) is 20.2. The highest BCUT2D eigenvalue weighted by Gasteiger charge is 2.26. The Labute approximate surface area is 209 Å². The van der Waals surface area contributed by atoms with Crippen molar-refractivity contribution in [3.63, 3.8) is 0 Å². The number of nitrogens with zero attached hydrogens (tertiary/aromatic N) is 1. The molecule has 9 nitrogen and oxygen atoms in total. The van der Waals surface area contributed by atoms with Crippen molar-refractivity contribution in [3.8, 4) is 0 Å². The fourth-order valence-corrected chi connectivity index (χ4v) is 4.16. The Bertz CT molecular complexity index is 999. The van der Waals surface area contributed by atoms with Crippen LogP contribution >= 0.6 is 11.8 Å². The number of nitro groups is 1. The molecule has 0 unspecified atom stereocenters. The van der Waals surface area contributed by atoms with Gasteiger partial charge in [0, 0.05) is 31.3 Å². The molecule has 0 spiro atoms. The summed E-state index contributed by atoms with van der Waals surface area (Å²) in [6.45, 7) is 2.09. The monoisotopic (exact) mass is 500 g/mol. The summed E-state index contributed by atoms with van der Waals surface area (Å²) in [7, 11) is 3.03. The van der Waals surface area contributed by atoms with Crippen LogP contribution in [0.25, 0.3) is 0 Å². The summed E-state index contributed by atoms with van der Waals surface area (Å²) in [4.78, 5) is 35.9. The van der Waals surface area contributed by atoms with Crippen LogP contribution in [-0.2, 0) is 22.4 Å². The molecule has 2 amide bonds. The van der Waals surface area contributed by atoms with E-state index in [-0.39, 0.29) is 18.0 Å². The quantitative estimate of drug-likeness (QED) is 0.217. The largest absolute Gasteiger partial charge is 0.453 e. The maximum Gasteiger partial charge on any atom is 0.407 e. The molecule has 35 heavy (non-hydrogen) atoms. The second kappa shape index (κ2) is 14.7. The molecular formula is C25H32N4O5S. The van der Waals surface area contributed by atoms with Crippen molar-refractivity contribution in [2.24, 2.45) is 0 Å². The molecule has 188 valence electrons. The maximum absolute atomic E-state index is 13.4. The van der Waals surface area contributed by atoms with E-state index < -0.39 is 23.1 Å². The summed E-state index contributed by atoms with van der Waals surface area (Å²) in [5, 5.41) is 21.8. The van der Waals surface area contributed by atoms with Gasteiger partial charge < -0.3 is 20.7 Å². The van der Waals surface area contributed by atoms with Crippen LogP contribution in [0, 0.1) is 10.1 Å². The summed E-state index contributed by atoms with van der Waals surface area (Å²) >= 11 is 1.63. The Morgan fingerprint density at radius 1 is 1.03 bits per heavy atom. The standard InChI is InChI=1S/C25H32N4O5S/c1-4-14-35-17-23(26-2)21(15-19-10-12-20(13-11-19)29(32)33)27-24(30)22(28-25(31)34-3)16-18-8-6-5-7-9-18/h5-13,17,21-22,26H,4,14-16H2,1-3H3,(H,27,30)(H,28,31)/b23-17-/t21-,22-/m0/s1. The van der Waals surface area contributed by atoms with E-state index in [9.17, 15) is 19.7 Å². The SMILES string of the molecule is CCCS/C=C(\NC)[C@H](Cc1ccc([N+](=O)[O-])cc1)NC(=O)[C@H](Cc1ccccc1)NC(=O)OC. The molecule has 2 atom stereocenters. The van der Waals surface area contributed by atoms with E-state index in [1.807, 2.05) is 35.7 Å². The topological polar surface area (TPSA) is 123 Å². The Hall–Kier alpha value is -3.53. The van der Waals surface area contributed by atoms with Crippen molar-refractivity contribution in [1.82, 2.24) is 16.0 Å². The van der Waals surface area contributed by atoms with Gasteiger partial charge in [0.25, 0.3) is 5.69 Å². The first-order valence-corrected chi connectivity index (χ1v) is 12.3. The predicted molar refractivity (Wildman–Crippen MR) is 138 cm³/mol. The van der Waals surface area contributed by atoms with Crippen LogP contribution in [0.5, 0.6) is 0 Å². The van der Waals surface area contributed by atoms with Crippen LogP contribution in [0.1, 0.15) is 24.5 Å². The van der Waals surface area contributed by atoms with Crippen LogP contribution in [0.15, 0.2) is 65.7 Å². The molecule has 3 N–H and O–H groups in total. The first kappa shape index (κ1) is 27.7. The highest BCUT2D eigenvalue weighted by molar-refractivity contribution is 8.02. The van der Waals surface area contributed by atoms with Crippen molar-refractivity contribution < 1.29 is 19.2 Å². The van der Waals surface area contributed by atoms with Crippen molar-refractivity contribution in [2.75, 3.05) is 19.9 Å². The number of methoxy groups -OCH3 is 1. The van der Waals surface area contributed by atoms with Crippen LogP contribution in [0.3, 0.4) is 0 Å². The molecule has 0 heterocycles. The predicted octanol–water partition coefficient (Wildman–Crippen LogP) is 3.79. The van der Waals surface area contributed by atoms with Crippen LogP contribution in [0.4, 0.5) is 10.5 Å². The van der Waals surface area contributed by atoms with Crippen molar-refractivity contribution in [3.05, 3.63) is 86.9 Å². The lowest BCUT2D eigenvalue weighted by Crippen LogP contribution is -2.52. The molecule has 0 saturated carbocycles. The van der Waals surface area contributed by atoms with Gasteiger partial charge in [-0.2, -0.15) is 0 Å². The Kier molecular flexibility index (Phi) is 11.6. The lowest BCUT2D eigenvalue weighted by Gasteiger charge is -2.25. The zero-order chi connectivity index (χ0) is 25.6. The average molecular weight is 501 g/mol. The molecule has 0 bridgehead atoms. The number of alkyl carbamates (subject to hydrolysis) is 1. The number of thioether (sulfide) groups is 1. The molecule has 2 aromatic rings. The molecule has 0 aliphatic heterocycles. The zero-order valence-corrected chi connectivity index (χ0v) is 21.0. The fourth-order valence-electron chi connectivity index (χ4n) is 3.34. The van der Waals surface area contributed by atoms with Crippen molar-refractivity contribution >= 4 is 29.4 Å². The van der Waals surface area contributed by atoms with Gasteiger partial charge in [-0.3, -0.25) is 14.9 Å². The van der Waals surface area contributed by atoms with Crippen molar-refractivity contribution in [1.29, 1.82) is 0 Å². The number of hydrogen-bond donors (Lipinski definition) is 3. The van der Waals surface area contributed by atoms with Gasteiger partial charge in [-0.05, 0) is 35.1 Å². The lowest BCUT2D eigenvalue weighted by molar-refractivity contribution is -0.384. The highest BCUT2D eigenvalue weighted by atomic mass is 32.2. The van der Waals surface area contributed by atoms with Gasteiger partial charge in [0.15, 0.2) is 0 Å². The molecule has 2 aromatic carbocycles. The summed E-state index contributed by atoms with van der Waals surface area (Å²) < 4.78 is 4.72. The molecular weight excluding hydrogens is 468 g/mol. The van der Waals surface area contributed by atoms with E-state index in [1.54, 1.807) is 30.9 Å². The van der Waals surface area contributed by atoms with E-state index in [1.165, 1.54) is 19.2 Å². The summed E-state index contributed by atoms with van der Waals surface area (Å²) in [6.07, 6.45) is 0.991. The summed E-state index contributed by atoms with van der Waals surface area (Å²) in [5.41, 5.74) is 2.51. The molecule has 2 rings (SSSR count). The van der Waals surface area contributed by atoms with Gasteiger partial charge >= 0.3 is 6.09 Å². The van der Waals surface area contributed by atoms with Crippen LogP contribution in [-0.4, -0.2) is 48.9 Å². The molecule has 0 saturated heterocycles. The number of nitro benzene ring substituents is 1. The number of hydrogen-bond acceptors (Lipinski definition) is 7. The first-order chi connectivity index (χ1) is 16.9. The fraction of sp³-hybridized carbons (Fsp3) is 0.360. The van der Waals surface area contributed by atoms with Crippen molar-refractivity contribution in [2.45, 2.75) is 38.3 Å². The minimum Gasteiger partial charge on any atom is -0.453 e. The molecule has 0 aliphatic carbocycles. The number of rotatable bonds is 13. The number of likely N-dealkylation sites (N-methyl/N-ethyl adjacent to an activating group) is 1. The third kappa shape index (κ3) is 9.32. The molecule has 0 aliphatic rings. The van der Waals surface area contributed by atoms with Gasteiger partial charge in [-0.15, -0.1) is 11.8 Å². The number of carbonyl (C=O) groups excluding carboxylic acids is 2. The Morgan fingerprint density at radius 2 is 1.66 bits per heavy atom. The van der Waals surface area contributed by atoms with E-state index in [0.29, 0.717) is 6.42 Å². The minimum atomic E-state index is -0.856. The lowest BCUT2D eigenvalue weighted by atomic mass is 10.0. The molecule has 0 fully saturated rings. The normalized spacial score (nSPS) is 12.8.